The number of carbonyl (C=O) groups excluding carboxylic acids is 1. The van der Waals surface area contributed by atoms with E-state index in [1.807, 2.05) is 31.2 Å². The molecular weight excluding hydrogens is 376 g/mol. The number of H-pyrrole nitrogens is 1. The summed E-state index contributed by atoms with van der Waals surface area (Å²) in [5.74, 6) is 0.0218. The first-order valence-corrected chi connectivity index (χ1v) is 11.3. The summed E-state index contributed by atoms with van der Waals surface area (Å²) in [5.41, 5.74) is 4.78. The van der Waals surface area contributed by atoms with E-state index in [1.165, 1.54) is 0 Å². The van der Waals surface area contributed by atoms with Gasteiger partial charge in [0, 0.05) is 17.7 Å². The molecule has 0 spiro atoms. The summed E-state index contributed by atoms with van der Waals surface area (Å²) >= 11 is 0. The summed E-state index contributed by atoms with van der Waals surface area (Å²) in [7, 11) is 0. The van der Waals surface area contributed by atoms with E-state index in [1.54, 1.807) is 0 Å². The van der Waals surface area contributed by atoms with Gasteiger partial charge in [0.15, 0.2) is 0 Å². The van der Waals surface area contributed by atoms with Crippen LogP contribution in [0.15, 0.2) is 29.1 Å². The zero-order chi connectivity index (χ0) is 21.5. The summed E-state index contributed by atoms with van der Waals surface area (Å²) in [6.45, 7) is 8.10. The van der Waals surface area contributed by atoms with Crippen LogP contribution in [-0.2, 0) is 24.1 Å². The van der Waals surface area contributed by atoms with Gasteiger partial charge in [-0.1, -0.05) is 26.0 Å². The highest BCUT2D eigenvalue weighted by Crippen LogP contribution is 2.23. The van der Waals surface area contributed by atoms with Crippen LogP contribution in [0.5, 0.6) is 0 Å². The van der Waals surface area contributed by atoms with Crippen molar-refractivity contribution >= 4 is 11.6 Å². The maximum Gasteiger partial charge on any atom is 0.267 e. The van der Waals surface area contributed by atoms with Gasteiger partial charge in [-0.05, 0) is 81.8 Å². The van der Waals surface area contributed by atoms with Crippen molar-refractivity contribution in [3.8, 4) is 0 Å². The van der Waals surface area contributed by atoms with Crippen molar-refractivity contribution in [3.63, 3.8) is 0 Å². The largest absolute Gasteiger partial charge is 0.325 e. The Morgan fingerprint density at radius 3 is 2.57 bits per heavy atom. The fourth-order valence-electron chi connectivity index (χ4n) is 4.31. The van der Waals surface area contributed by atoms with E-state index in [0.717, 1.165) is 79.7 Å². The van der Waals surface area contributed by atoms with Crippen molar-refractivity contribution in [1.82, 2.24) is 15.1 Å². The average molecular weight is 411 g/mol. The first-order chi connectivity index (χ1) is 14.5. The Labute approximate surface area is 179 Å². The number of anilines is 1. The molecule has 1 aliphatic carbocycles. The second-order valence-electron chi connectivity index (χ2n) is 8.24. The van der Waals surface area contributed by atoms with Gasteiger partial charge in [-0.25, -0.2) is 5.10 Å². The molecule has 1 aliphatic rings. The first-order valence-electron chi connectivity index (χ1n) is 11.3. The van der Waals surface area contributed by atoms with E-state index in [0.29, 0.717) is 6.42 Å². The van der Waals surface area contributed by atoms with Gasteiger partial charge in [0.05, 0.1) is 11.7 Å². The highest BCUT2D eigenvalue weighted by atomic mass is 16.2. The summed E-state index contributed by atoms with van der Waals surface area (Å²) in [6.07, 6.45) is 6.63. The molecule has 3 rings (SSSR count). The Morgan fingerprint density at radius 1 is 1.17 bits per heavy atom. The van der Waals surface area contributed by atoms with E-state index in [2.05, 4.69) is 34.3 Å². The third-order valence-electron chi connectivity index (χ3n) is 5.90. The van der Waals surface area contributed by atoms with Crippen molar-refractivity contribution in [2.45, 2.75) is 71.8 Å². The molecule has 6 nitrogen and oxygen atoms in total. The van der Waals surface area contributed by atoms with Crippen molar-refractivity contribution in [2.24, 2.45) is 0 Å². The Kier molecular flexibility index (Phi) is 7.80. The third kappa shape index (κ3) is 5.36. The molecule has 0 aliphatic heterocycles. The fraction of sp³-hybridized carbons (Fsp3) is 0.542. The van der Waals surface area contributed by atoms with Crippen LogP contribution in [0.3, 0.4) is 0 Å². The predicted molar refractivity (Wildman–Crippen MR) is 121 cm³/mol. The summed E-state index contributed by atoms with van der Waals surface area (Å²) in [5, 5.41) is 10.1. The van der Waals surface area contributed by atoms with Crippen LogP contribution in [-0.4, -0.2) is 40.1 Å². The van der Waals surface area contributed by atoms with E-state index in [9.17, 15) is 9.59 Å². The maximum atomic E-state index is 12.8. The monoisotopic (exact) mass is 410 g/mol. The summed E-state index contributed by atoms with van der Waals surface area (Å²) in [6, 6.07) is 7.77. The van der Waals surface area contributed by atoms with Crippen molar-refractivity contribution in [2.75, 3.05) is 18.4 Å². The van der Waals surface area contributed by atoms with Crippen LogP contribution in [0.2, 0.25) is 0 Å². The minimum absolute atomic E-state index is 0.0218. The molecule has 0 unspecified atom stereocenters. The second kappa shape index (κ2) is 10.5. The molecule has 2 N–H and O–H groups in total. The average Bonchev–Trinajstić information content (AvgIpc) is 2.75. The van der Waals surface area contributed by atoms with Gasteiger partial charge in [-0.2, -0.15) is 5.10 Å². The molecule has 0 bridgehead atoms. The van der Waals surface area contributed by atoms with Gasteiger partial charge < -0.3 is 5.32 Å². The quantitative estimate of drug-likeness (QED) is 0.661. The number of amides is 1. The molecule has 1 aromatic heterocycles. The number of rotatable bonds is 9. The molecule has 0 saturated heterocycles. The molecule has 6 heteroatoms. The first kappa shape index (κ1) is 22.2. The Morgan fingerprint density at radius 2 is 1.87 bits per heavy atom. The minimum Gasteiger partial charge on any atom is -0.325 e. The smallest absolute Gasteiger partial charge is 0.267 e. The molecule has 1 aromatic carbocycles. The van der Waals surface area contributed by atoms with Crippen LogP contribution in [0.4, 0.5) is 5.69 Å². The van der Waals surface area contributed by atoms with Crippen molar-refractivity contribution < 1.29 is 4.79 Å². The van der Waals surface area contributed by atoms with Crippen LogP contribution in [0.25, 0.3) is 0 Å². The molecule has 0 radical (unpaired) electrons. The molecule has 2 aromatic rings. The molecule has 1 heterocycles. The normalized spacial score (nSPS) is 14.4. The number of hydrogen-bond acceptors (Lipinski definition) is 4. The lowest BCUT2D eigenvalue weighted by Crippen LogP contribution is -2.42. The minimum atomic E-state index is -0.165. The van der Waals surface area contributed by atoms with Gasteiger partial charge in [0.25, 0.3) is 5.56 Å². The van der Waals surface area contributed by atoms with Crippen molar-refractivity contribution in [1.29, 1.82) is 0 Å². The third-order valence-corrected chi connectivity index (χ3v) is 5.90. The number of aromatic amines is 1. The Balaban J connectivity index is 1.73. The number of nitrogens with zero attached hydrogens (tertiary/aromatic N) is 2. The molecule has 162 valence electrons. The Hall–Kier alpha value is -2.47. The lowest BCUT2D eigenvalue weighted by molar-refractivity contribution is -0.120. The predicted octanol–water partition coefficient (Wildman–Crippen LogP) is 3.69. The molecule has 1 amide bonds. The number of fused-ring (bicyclic) bond motifs is 1. The summed E-state index contributed by atoms with van der Waals surface area (Å²) in [4.78, 5) is 27.1. The van der Waals surface area contributed by atoms with Gasteiger partial charge >= 0.3 is 0 Å². The highest BCUT2D eigenvalue weighted by molar-refractivity contribution is 5.94. The Bertz CT molecular complexity index is 916. The van der Waals surface area contributed by atoms with Crippen LogP contribution < -0.4 is 10.9 Å². The van der Waals surface area contributed by atoms with E-state index >= 15 is 0 Å². The second-order valence-corrected chi connectivity index (χ2v) is 8.24. The van der Waals surface area contributed by atoms with E-state index < -0.39 is 0 Å². The number of nitrogens with one attached hydrogen (secondary N) is 2. The van der Waals surface area contributed by atoms with E-state index in [-0.39, 0.29) is 17.5 Å². The highest BCUT2D eigenvalue weighted by Gasteiger charge is 2.21. The van der Waals surface area contributed by atoms with Crippen LogP contribution >= 0.6 is 0 Å². The lowest BCUT2D eigenvalue weighted by atomic mass is 9.90. The SMILES string of the molecule is CCCN(CCC)[C@@H](C)C(=O)Nc1cccc(Cc2n[nH]c(=O)c3c2CCCC3)c1. The van der Waals surface area contributed by atoms with E-state index in [4.69, 9.17) is 0 Å². The standard InChI is InChI=1S/C24H34N4O2/c1-4-13-28(14-5-2)17(3)23(29)25-19-10-8-9-18(15-19)16-22-20-11-6-7-12-21(20)24(30)27-26-22/h8-10,15,17H,4-7,11-14,16H2,1-3H3,(H,25,29)(H,27,30)/t17-/m0/s1. The number of aromatic nitrogens is 2. The number of benzene rings is 1. The molecule has 0 fully saturated rings. The van der Waals surface area contributed by atoms with Gasteiger partial charge in [0.2, 0.25) is 5.91 Å². The van der Waals surface area contributed by atoms with Gasteiger partial charge in [-0.15, -0.1) is 0 Å². The molecule has 0 saturated carbocycles. The van der Waals surface area contributed by atoms with Crippen molar-refractivity contribution in [3.05, 3.63) is 57.0 Å². The van der Waals surface area contributed by atoms with Crippen LogP contribution in [0, 0.1) is 0 Å². The van der Waals surface area contributed by atoms with Gasteiger partial charge in [0.1, 0.15) is 0 Å². The molecule has 1 atom stereocenters. The summed E-state index contributed by atoms with van der Waals surface area (Å²) < 4.78 is 0. The zero-order valence-corrected chi connectivity index (χ0v) is 18.5. The maximum absolute atomic E-state index is 12.8. The topological polar surface area (TPSA) is 78.1 Å². The van der Waals surface area contributed by atoms with Gasteiger partial charge in [-0.3, -0.25) is 14.5 Å². The molecule has 30 heavy (non-hydrogen) atoms. The lowest BCUT2D eigenvalue weighted by Gasteiger charge is -2.27. The number of hydrogen-bond donors (Lipinski definition) is 2. The molecular formula is C24H34N4O2. The van der Waals surface area contributed by atoms with Crippen LogP contribution in [0.1, 0.15) is 68.8 Å². The fourth-order valence-corrected chi connectivity index (χ4v) is 4.31. The zero-order valence-electron chi connectivity index (χ0n) is 18.5. The number of carbonyl (C=O) groups is 1.